The van der Waals surface area contributed by atoms with Gasteiger partial charge in [0.1, 0.15) is 34.2 Å². The molecule has 4 aliphatic rings. The number of aliphatic hydroxyl groups excluding tert-OH is 1. The third-order valence-corrected chi connectivity index (χ3v) is 14.4. The maximum atomic E-state index is 14.8. The summed E-state index contributed by atoms with van der Waals surface area (Å²) in [4.78, 5) is 60.8. The fourth-order valence-electron chi connectivity index (χ4n) is 8.09. The summed E-state index contributed by atoms with van der Waals surface area (Å²) in [6, 6.07) is 4.30. The molecule has 1 aromatic heterocycles. The van der Waals surface area contributed by atoms with E-state index in [9.17, 15) is 46.0 Å². The molecule has 1 saturated heterocycles. The molecule has 2 saturated carbocycles. The highest BCUT2D eigenvalue weighted by Gasteiger charge is 2.70. The number of amides is 3. The van der Waals surface area contributed by atoms with Crippen molar-refractivity contribution in [2.75, 3.05) is 26.8 Å². The molecule has 0 spiro atoms. The van der Waals surface area contributed by atoms with Crippen LogP contribution in [0, 0.1) is 16.7 Å². The zero-order valence-corrected chi connectivity index (χ0v) is 34.3. The van der Waals surface area contributed by atoms with Crippen LogP contribution in [-0.4, -0.2) is 114 Å². The van der Waals surface area contributed by atoms with Crippen LogP contribution < -0.4 is 24.8 Å². The van der Waals surface area contributed by atoms with Crippen LogP contribution >= 0.6 is 0 Å². The molecule has 324 valence electrons. The molecule has 0 radical (unpaired) electrons. The normalized spacial score (nSPS) is 30.5. The van der Waals surface area contributed by atoms with Crippen LogP contribution in [0.4, 0.5) is 18.0 Å². The Hall–Kier alpha value is -4.56. The molecule has 16 nitrogen and oxygen atoms in total. The van der Waals surface area contributed by atoms with E-state index in [-0.39, 0.29) is 44.0 Å². The second-order valence-corrected chi connectivity index (χ2v) is 19.1. The Balaban J connectivity index is 1.37. The Bertz CT molecular complexity index is 2100. The van der Waals surface area contributed by atoms with Crippen LogP contribution in [0.3, 0.4) is 0 Å². The molecular weight excluding hydrogens is 802 g/mol. The van der Waals surface area contributed by atoms with E-state index in [0.29, 0.717) is 49.6 Å². The minimum absolute atomic E-state index is 0.0830. The van der Waals surface area contributed by atoms with Crippen molar-refractivity contribution < 1.29 is 55.3 Å². The standard InChI is InChI=1S/C39H51F3N6O10S/c1-23-10-8-9-13-37(47-53)20-38(37,21-44-59(54,55)36(22-49)14-15-36)46-31(50)28-17-25(57-32-27-12-7-6-11-26(27)29(56-5)18-43-32)19-48(28)33(51)30(24(2)16-23)45-34(52)58-35(3,4)39(40,41)42/h6-7,9,11-13,18,23-25,28,30,44,49H,8,10,14-17,19-22H2,1-5H3,(H,45,52)(H,46,50)/b13-9-/t23-,24-,25-,28?,30+,37+,38+/m1/s1. The molecule has 6 rings (SSSR count). The zero-order valence-electron chi connectivity index (χ0n) is 33.5. The molecule has 3 amide bonds. The van der Waals surface area contributed by atoms with Crippen molar-refractivity contribution in [2.24, 2.45) is 17.0 Å². The summed E-state index contributed by atoms with van der Waals surface area (Å²) < 4.78 is 85.6. The smallest absolute Gasteiger partial charge is 0.427 e. The Labute approximate surface area is 340 Å². The maximum absolute atomic E-state index is 14.8. The molecule has 2 aliphatic carbocycles. The summed E-state index contributed by atoms with van der Waals surface area (Å²) >= 11 is 0. The predicted molar refractivity (Wildman–Crippen MR) is 208 cm³/mol. The van der Waals surface area contributed by atoms with E-state index >= 15 is 0 Å². The van der Waals surface area contributed by atoms with Crippen molar-refractivity contribution in [3.8, 4) is 11.6 Å². The lowest BCUT2D eigenvalue weighted by Crippen LogP contribution is -2.59. The van der Waals surface area contributed by atoms with Gasteiger partial charge in [-0.1, -0.05) is 49.4 Å². The summed E-state index contributed by atoms with van der Waals surface area (Å²) in [5.74, 6) is -1.75. The highest BCUT2D eigenvalue weighted by atomic mass is 32.2. The Morgan fingerprint density at radius 2 is 1.83 bits per heavy atom. The number of rotatable bonds is 11. The number of alkyl halides is 3. The number of aliphatic hydroxyl groups is 1. The van der Waals surface area contributed by atoms with Crippen LogP contribution in [0.5, 0.6) is 11.6 Å². The Morgan fingerprint density at radius 3 is 2.46 bits per heavy atom. The van der Waals surface area contributed by atoms with Crippen molar-refractivity contribution in [3.63, 3.8) is 0 Å². The monoisotopic (exact) mass is 852 g/mol. The first-order valence-electron chi connectivity index (χ1n) is 19.6. The van der Waals surface area contributed by atoms with E-state index in [1.165, 1.54) is 18.2 Å². The molecule has 1 aromatic carbocycles. The SMILES string of the molecule is COc1cnc(O[C@@H]2CC3C(=O)N[C@]4(CNS(=O)(=O)C5(CO)CC5)C[C@@]4(N=O)/C=C\CC[C@@H](C)C[C@@H](C)[C@H](NC(=O)OC(C)(C)C(F)(F)F)C(=O)N3C2)c2ccccc12. The largest absolute Gasteiger partial charge is 0.494 e. The first kappa shape index (κ1) is 44.0. The fourth-order valence-corrected chi connectivity index (χ4v) is 9.64. The number of carbonyl (C=O) groups is 3. The summed E-state index contributed by atoms with van der Waals surface area (Å²) in [5, 5.41) is 19.7. The van der Waals surface area contributed by atoms with E-state index in [2.05, 4.69) is 25.5 Å². The average molecular weight is 853 g/mol. The average Bonchev–Trinajstić information content (AvgIpc) is 4.06. The lowest BCUT2D eigenvalue weighted by atomic mass is 9.88. The summed E-state index contributed by atoms with van der Waals surface area (Å²) in [5.41, 5.74) is -6.04. The number of benzene rings is 1. The van der Waals surface area contributed by atoms with Gasteiger partial charge >= 0.3 is 12.3 Å². The third kappa shape index (κ3) is 8.57. The van der Waals surface area contributed by atoms with Crippen molar-refractivity contribution >= 4 is 38.7 Å². The number of nitrogens with one attached hydrogen (secondary N) is 3. The number of halogens is 3. The van der Waals surface area contributed by atoms with E-state index < -0.39 is 92.8 Å². The van der Waals surface area contributed by atoms with Crippen LogP contribution in [0.25, 0.3) is 10.8 Å². The molecule has 3 heterocycles. The molecule has 7 atom stereocenters. The van der Waals surface area contributed by atoms with Gasteiger partial charge in [-0.2, -0.15) is 13.2 Å². The third-order valence-electron chi connectivity index (χ3n) is 12.2. The Morgan fingerprint density at radius 1 is 1.14 bits per heavy atom. The van der Waals surface area contributed by atoms with Gasteiger partial charge in [-0.25, -0.2) is 22.9 Å². The van der Waals surface area contributed by atoms with E-state index in [1.807, 2.05) is 6.92 Å². The van der Waals surface area contributed by atoms with E-state index in [0.717, 1.165) is 0 Å². The van der Waals surface area contributed by atoms with Gasteiger partial charge in [-0.15, -0.1) is 4.91 Å². The van der Waals surface area contributed by atoms with Crippen molar-refractivity contribution in [1.29, 1.82) is 0 Å². The van der Waals surface area contributed by atoms with Crippen LogP contribution in [0.15, 0.2) is 47.8 Å². The maximum Gasteiger partial charge on any atom is 0.427 e. The number of pyridine rings is 1. The molecule has 2 aliphatic heterocycles. The van der Waals surface area contributed by atoms with Gasteiger partial charge in [-0.3, -0.25) is 9.59 Å². The molecule has 20 heteroatoms. The highest BCUT2D eigenvalue weighted by molar-refractivity contribution is 7.91. The number of ether oxygens (including phenoxy) is 3. The first-order valence-corrected chi connectivity index (χ1v) is 21.0. The lowest BCUT2D eigenvalue weighted by molar-refractivity contribution is -0.244. The number of aromatic nitrogens is 1. The second-order valence-electron chi connectivity index (χ2n) is 16.9. The minimum Gasteiger partial charge on any atom is -0.494 e. The number of carbonyl (C=O) groups excluding carboxylic acids is 3. The number of hydrogen-bond donors (Lipinski definition) is 4. The molecule has 3 fully saturated rings. The van der Waals surface area contributed by atoms with Gasteiger partial charge in [0.15, 0.2) is 0 Å². The number of methoxy groups -OCH3 is 1. The van der Waals surface area contributed by atoms with Crippen LogP contribution in [0.2, 0.25) is 0 Å². The molecule has 1 unspecified atom stereocenters. The molecule has 4 N–H and O–H groups in total. The van der Waals surface area contributed by atoms with E-state index in [4.69, 9.17) is 14.2 Å². The number of alkyl carbamates (subject to hydrolysis) is 1. The highest BCUT2D eigenvalue weighted by Crippen LogP contribution is 2.53. The van der Waals surface area contributed by atoms with Crippen LogP contribution in [-0.2, 0) is 24.3 Å². The Kier molecular flexibility index (Phi) is 12.0. The van der Waals surface area contributed by atoms with Gasteiger partial charge < -0.3 is 34.9 Å². The van der Waals surface area contributed by atoms with Gasteiger partial charge in [0.2, 0.25) is 33.3 Å². The second kappa shape index (κ2) is 16.1. The number of nitroso groups, excluding NO2 is 1. The predicted octanol–water partition coefficient (Wildman–Crippen LogP) is 4.25. The fraction of sp³-hybridized carbons (Fsp3) is 0.641. The molecule has 0 bridgehead atoms. The number of allylic oxidation sites excluding steroid dienone is 1. The van der Waals surface area contributed by atoms with Gasteiger partial charge in [0.25, 0.3) is 0 Å². The van der Waals surface area contributed by atoms with Crippen molar-refractivity contribution in [3.05, 3.63) is 47.5 Å². The van der Waals surface area contributed by atoms with Crippen LogP contribution in [0.1, 0.15) is 72.6 Å². The summed E-state index contributed by atoms with van der Waals surface area (Å²) in [6.07, 6.45) is -1.11. The number of nitrogens with zero attached hydrogens (tertiary/aromatic N) is 3. The number of sulfonamides is 1. The first-order chi connectivity index (χ1) is 27.7. The topological polar surface area (TPSA) is 215 Å². The lowest BCUT2D eigenvalue weighted by Gasteiger charge is -2.34. The van der Waals surface area contributed by atoms with E-state index in [1.54, 1.807) is 43.3 Å². The van der Waals surface area contributed by atoms with Gasteiger partial charge in [0.05, 0.1) is 32.0 Å². The van der Waals surface area contributed by atoms with Gasteiger partial charge in [0, 0.05) is 30.2 Å². The minimum atomic E-state index is -4.93. The number of hydrogen-bond acceptors (Lipinski definition) is 12. The summed E-state index contributed by atoms with van der Waals surface area (Å²) in [7, 11) is -2.63. The van der Waals surface area contributed by atoms with Crippen molar-refractivity contribution in [1.82, 2.24) is 25.2 Å². The zero-order chi connectivity index (χ0) is 43.2. The number of fused-ring (bicyclic) bond motifs is 3. The molecule has 59 heavy (non-hydrogen) atoms. The summed E-state index contributed by atoms with van der Waals surface area (Å²) in [6.45, 7) is 3.60. The molecule has 2 aromatic rings. The quantitative estimate of drug-likeness (QED) is 0.185. The van der Waals surface area contributed by atoms with Crippen molar-refractivity contribution in [2.45, 2.75) is 118 Å². The molecular formula is C39H51F3N6O10S. The van der Waals surface area contributed by atoms with Gasteiger partial charge in [-0.05, 0) is 63.9 Å².